The lowest BCUT2D eigenvalue weighted by Crippen LogP contribution is -2.36. The first-order chi connectivity index (χ1) is 9.45. The van der Waals surface area contributed by atoms with Crippen LogP contribution in [0.15, 0.2) is 12.2 Å². The topological polar surface area (TPSA) is 29.1 Å². The molecule has 118 valence electrons. The molecule has 0 aliphatic rings. The predicted molar refractivity (Wildman–Crippen MR) is 88.8 cm³/mol. The van der Waals surface area contributed by atoms with E-state index >= 15 is 0 Å². The Labute approximate surface area is 126 Å². The van der Waals surface area contributed by atoms with Crippen molar-refractivity contribution in [3.05, 3.63) is 12.2 Å². The van der Waals surface area contributed by atoms with Crippen molar-refractivity contribution in [2.75, 3.05) is 6.54 Å². The van der Waals surface area contributed by atoms with Crippen LogP contribution < -0.4 is 5.32 Å². The van der Waals surface area contributed by atoms with E-state index in [2.05, 4.69) is 32.7 Å². The van der Waals surface area contributed by atoms with Crippen molar-refractivity contribution in [3.8, 4) is 0 Å². The number of hydrogen-bond donors (Lipinski definition) is 1. The Hall–Kier alpha value is -0.790. The summed E-state index contributed by atoms with van der Waals surface area (Å²) < 4.78 is 0. The Morgan fingerprint density at radius 3 is 2.10 bits per heavy atom. The minimum Gasteiger partial charge on any atom is -0.352 e. The van der Waals surface area contributed by atoms with Gasteiger partial charge in [0.15, 0.2) is 0 Å². The van der Waals surface area contributed by atoms with Gasteiger partial charge in [0.25, 0.3) is 0 Å². The average Bonchev–Trinajstić information content (AvgIpc) is 2.42. The van der Waals surface area contributed by atoms with Crippen LogP contribution in [0.2, 0.25) is 0 Å². The van der Waals surface area contributed by atoms with Crippen LogP contribution in [-0.2, 0) is 4.79 Å². The minimum absolute atomic E-state index is 0.00120. The van der Waals surface area contributed by atoms with Gasteiger partial charge in [0.05, 0.1) is 0 Å². The molecule has 0 radical (unpaired) electrons. The monoisotopic (exact) mass is 281 g/mol. The normalized spacial score (nSPS) is 13.8. The van der Waals surface area contributed by atoms with Crippen molar-refractivity contribution >= 4 is 5.91 Å². The van der Waals surface area contributed by atoms with E-state index in [9.17, 15) is 4.79 Å². The fourth-order valence-electron chi connectivity index (χ4n) is 2.51. The molecule has 2 nitrogen and oxygen atoms in total. The summed E-state index contributed by atoms with van der Waals surface area (Å²) in [5.74, 6) is -0.00120. The summed E-state index contributed by atoms with van der Waals surface area (Å²) in [7, 11) is 0. The number of carbonyl (C=O) groups excluding carboxylic acids is 1. The molecule has 0 rings (SSSR count). The third-order valence-corrected chi connectivity index (χ3v) is 4.08. The summed E-state index contributed by atoms with van der Waals surface area (Å²) in [5.41, 5.74) is 0.846. The fraction of sp³-hybridized carbons (Fsp3) is 0.833. The van der Waals surface area contributed by atoms with Crippen LogP contribution in [0.4, 0.5) is 0 Å². The molecule has 0 saturated carbocycles. The van der Waals surface area contributed by atoms with Crippen LogP contribution in [0.1, 0.15) is 85.5 Å². The third-order valence-electron chi connectivity index (χ3n) is 4.08. The van der Waals surface area contributed by atoms with Crippen molar-refractivity contribution < 1.29 is 4.79 Å². The smallest absolute Gasteiger partial charge is 0.246 e. The van der Waals surface area contributed by atoms with E-state index in [1.807, 2.05) is 0 Å². The molecule has 0 aliphatic carbocycles. The van der Waals surface area contributed by atoms with Gasteiger partial charge in [0.2, 0.25) is 5.91 Å². The molecule has 1 atom stereocenters. The molecule has 0 aliphatic heterocycles. The van der Waals surface area contributed by atoms with Gasteiger partial charge in [0.1, 0.15) is 0 Å². The lowest BCUT2D eigenvalue weighted by Gasteiger charge is -2.30. The van der Waals surface area contributed by atoms with Gasteiger partial charge in [-0.2, -0.15) is 0 Å². The maximum Gasteiger partial charge on any atom is 0.246 e. The highest BCUT2D eigenvalue weighted by atomic mass is 16.1. The highest BCUT2D eigenvalue weighted by Crippen LogP contribution is 2.30. The van der Waals surface area contributed by atoms with Crippen molar-refractivity contribution in [2.45, 2.75) is 85.5 Å². The van der Waals surface area contributed by atoms with E-state index in [4.69, 9.17) is 0 Å². The van der Waals surface area contributed by atoms with Gasteiger partial charge in [-0.05, 0) is 25.2 Å². The van der Waals surface area contributed by atoms with E-state index < -0.39 is 0 Å². The van der Waals surface area contributed by atoms with Crippen LogP contribution in [-0.4, -0.2) is 12.5 Å². The first kappa shape index (κ1) is 19.2. The predicted octanol–water partition coefficient (Wildman–Crippen LogP) is 5.24. The molecule has 0 aromatic rings. The van der Waals surface area contributed by atoms with Crippen LogP contribution in [0.25, 0.3) is 0 Å². The van der Waals surface area contributed by atoms with Gasteiger partial charge in [-0.3, -0.25) is 4.79 Å². The molecule has 0 fully saturated rings. The summed E-state index contributed by atoms with van der Waals surface area (Å²) in [6, 6.07) is 0. The molecular weight excluding hydrogens is 246 g/mol. The first-order valence-electron chi connectivity index (χ1n) is 8.39. The zero-order chi connectivity index (χ0) is 15.4. The second-order valence-electron chi connectivity index (χ2n) is 6.54. The number of nitrogens with one attached hydrogen (secondary N) is 1. The van der Waals surface area contributed by atoms with Crippen LogP contribution in [0.5, 0.6) is 0 Å². The van der Waals surface area contributed by atoms with Gasteiger partial charge < -0.3 is 5.32 Å². The van der Waals surface area contributed by atoms with Gasteiger partial charge in [-0.25, -0.2) is 0 Å². The van der Waals surface area contributed by atoms with Crippen molar-refractivity contribution in [2.24, 2.45) is 5.41 Å². The Morgan fingerprint density at radius 2 is 1.55 bits per heavy atom. The van der Waals surface area contributed by atoms with Crippen molar-refractivity contribution in [3.63, 3.8) is 0 Å². The molecule has 1 N–H and O–H groups in total. The van der Waals surface area contributed by atoms with Crippen molar-refractivity contribution in [1.29, 1.82) is 0 Å². The first-order valence-corrected chi connectivity index (χ1v) is 8.39. The molecular formula is C18H35NO. The second kappa shape index (κ2) is 10.9. The quantitative estimate of drug-likeness (QED) is 0.385. The number of hydrogen-bond acceptors (Lipinski definition) is 1. The summed E-state index contributed by atoms with van der Waals surface area (Å²) in [4.78, 5) is 11.7. The van der Waals surface area contributed by atoms with Crippen molar-refractivity contribution in [1.82, 2.24) is 5.32 Å². The van der Waals surface area contributed by atoms with Gasteiger partial charge >= 0.3 is 0 Å². The van der Waals surface area contributed by atoms with Gasteiger partial charge in [-0.1, -0.05) is 72.3 Å². The van der Waals surface area contributed by atoms with Crippen LogP contribution >= 0.6 is 0 Å². The molecule has 0 saturated heterocycles. The average molecular weight is 281 g/mol. The maximum absolute atomic E-state index is 11.7. The maximum atomic E-state index is 11.7. The Kier molecular flexibility index (Phi) is 10.5. The van der Waals surface area contributed by atoms with E-state index in [1.54, 1.807) is 6.92 Å². The molecule has 1 amide bonds. The molecule has 0 aromatic heterocycles. The molecule has 0 heterocycles. The molecule has 20 heavy (non-hydrogen) atoms. The number of amides is 1. The number of unbranched alkanes of at least 4 members (excludes halogenated alkanes) is 5. The van der Waals surface area contributed by atoms with Gasteiger partial charge in [0, 0.05) is 12.1 Å². The van der Waals surface area contributed by atoms with Gasteiger partial charge in [-0.15, -0.1) is 0 Å². The van der Waals surface area contributed by atoms with Crippen LogP contribution in [0, 0.1) is 5.41 Å². The lowest BCUT2D eigenvalue weighted by atomic mass is 9.79. The zero-order valence-corrected chi connectivity index (χ0v) is 14.2. The molecule has 2 heteroatoms. The fourth-order valence-corrected chi connectivity index (χ4v) is 2.51. The largest absolute Gasteiger partial charge is 0.352 e. The summed E-state index contributed by atoms with van der Waals surface area (Å²) in [6.07, 6.45) is 11.5. The molecule has 0 aromatic carbocycles. The molecule has 0 spiro atoms. The zero-order valence-electron chi connectivity index (χ0n) is 14.2. The Bertz CT molecular complexity index is 285. The third kappa shape index (κ3) is 9.17. The standard InChI is InChI=1S/C18H35NO/c1-6-8-10-11-12-14-18(5,13-9-7-2)15-19-17(20)16(3)4/h3,6-15H2,1-2,4-5H3,(H,19,20). The highest BCUT2D eigenvalue weighted by Gasteiger charge is 2.23. The van der Waals surface area contributed by atoms with Crippen LogP contribution in [0.3, 0.4) is 0 Å². The summed E-state index contributed by atoms with van der Waals surface area (Å²) in [6.45, 7) is 13.1. The lowest BCUT2D eigenvalue weighted by molar-refractivity contribution is -0.117. The van der Waals surface area contributed by atoms with E-state index in [0.29, 0.717) is 5.57 Å². The summed E-state index contributed by atoms with van der Waals surface area (Å²) >= 11 is 0. The number of carbonyl (C=O) groups is 1. The van der Waals surface area contributed by atoms with E-state index in [1.165, 1.54) is 57.8 Å². The minimum atomic E-state index is -0.00120. The molecule has 1 unspecified atom stereocenters. The number of rotatable bonds is 12. The second-order valence-corrected chi connectivity index (χ2v) is 6.54. The van der Waals surface area contributed by atoms with E-state index in [0.717, 1.165) is 6.54 Å². The molecule has 0 bridgehead atoms. The SMILES string of the molecule is C=C(C)C(=O)NCC(C)(CCCC)CCCCCCC. The Balaban J connectivity index is 4.19. The van der Waals surface area contributed by atoms with E-state index in [-0.39, 0.29) is 11.3 Å². The highest BCUT2D eigenvalue weighted by molar-refractivity contribution is 5.92. The summed E-state index contributed by atoms with van der Waals surface area (Å²) in [5, 5.41) is 3.05. The Morgan fingerprint density at radius 1 is 1.00 bits per heavy atom.